The monoisotopic (exact) mass is 762 g/mol. The molecule has 0 aliphatic rings. The summed E-state index contributed by atoms with van der Waals surface area (Å²) in [6, 6.07) is -0.701. The van der Waals surface area contributed by atoms with Crippen molar-refractivity contribution >= 4 is 11.9 Å². The Kier molecular flexibility index (Phi) is 41.2. The van der Waals surface area contributed by atoms with E-state index in [9.17, 15) is 19.8 Å². The molecule has 54 heavy (non-hydrogen) atoms. The SMILES string of the molecule is CCCCCC/C=C\CCCCCCCC(CC(=O)NC(CO)C(O)CCCCCCCCCCC)OC(=O)CCCCC/C=C\CCCCCCCC. The number of ether oxygens (including phenoxy) is 1. The molecule has 0 spiro atoms. The van der Waals surface area contributed by atoms with Crippen molar-refractivity contribution in [1.29, 1.82) is 0 Å². The molecule has 0 rings (SSSR count). The Morgan fingerprint density at radius 1 is 0.519 bits per heavy atom. The lowest BCUT2D eigenvalue weighted by atomic mass is 10.0. The average molecular weight is 762 g/mol. The van der Waals surface area contributed by atoms with Gasteiger partial charge in [-0.1, -0.05) is 180 Å². The van der Waals surface area contributed by atoms with Crippen LogP contribution < -0.4 is 5.32 Å². The molecule has 318 valence electrons. The van der Waals surface area contributed by atoms with Crippen molar-refractivity contribution < 1.29 is 24.5 Å². The number of carbonyl (C=O) groups excluding carboxylic acids is 2. The fourth-order valence-electron chi connectivity index (χ4n) is 7.12. The molecular weight excluding hydrogens is 671 g/mol. The Labute approximate surface area is 335 Å². The molecule has 0 aliphatic heterocycles. The number of unbranched alkanes of at least 4 members (excludes halogenated alkanes) is 26. The number of nitrogens with one attached hydrogen (secondary N) is 1. The van der Waals surface area contributed by atoms with Crippen molar-refractivity contribution in [3.05, 3.63) is 24.3 Å². The third-order valence-corrected chi connectivity index (χ3v) is 10.8. The number of rotatable bonds is 42. The molecule has 3 unspecified atom stereocenters. The molecule has 6 heteroatoms. The van der Waals surface area contributed by atoms with Crippen LogP contribution in [-0.2, 0) is 14.3 Å². The first-order valence-corrected chi connectivity index (χ1v) is 23.6. The second-order valence-corrected chi connectivity index (χ2v) is 16.2. The Balaban J connectivity index is 4.62. The summed E-state index contributed by atoms with van der Waals surface area (Å²) in [7, 11) is 0. The van der Waals surface area contributed by atoms with Crippen molar-refractivity contribution in [1.82, 2.24) is 5.32 Å². The number of esters is 1. The van der Waals surface area contributed by atoms with E-state index >= 15 is 0 Å². The summed E-state index contributed by atoms with van der Waals surface area (Å²) in [6.45, 7) is 6.43. The van der Waals surface area contributed by atoms with Gasteiger partial charge < -0.3 is 20.3 Å². The second kappa shape index (κ2) is 42.5. The minimum Gasteiger partial charge on any atom is -0.462 e. The Morgan fingerprint density at radius 2 is 0.889 bits per heavy atom. The van der Waals surface area contributed by atoms with Crippen molar-refractivity contribution in [3.63, 3.8) is 0 Å². The maximum atomic E-state index is 13.1. The van der Waals surface area contributed by atoms with Crippen LogP contribution in [0.15, 0.2) is 24.3 Å². The molecule has 0 aliphatic carbocycles. The summed E-state index contributed by atoms with van der Waals surface area (Å²) in [5, 5.41) is 23.6. The summed E-state index contributed by atoms with van der Waals surface area (Å²) in [6.07, 6.45) is 46.6. The van der Waals surface area contributed by atoms with Gasteiger partial charge in [-0.25, -0.2) is 0 Å². The summed E-state index contributed by atoms with van der Waals surface area (Å²) >= 11 is 0. The number of hydrogen-bond acceptors (Lipinski definition) is 5. The smallest absolute Gasteiger partial charge is 0.306 e. The first kappa shape index (κ1) is 52.3. The van der Waals surface area contributed by atoms with E-state index in [2.05, 4.69) is 50.4 Å². The van der Waals surface area contributed by atoms with E-state index in [0.29, 0.717) is 19.3 Å². The van der Waals surface area contributed by atoms with Gasteiger partial charge in [-0.2, -0.15) is 0 Å². The molecule has 0 aromatic carbocycles. The van der Waals surface area contributed by atoms with Crippen molar-refractivity contribution in [2.45, 2.75) is 264 Å². The normalized spacial score (nSPS) is 13.5. The summed E-state index contributed by atoms with van der Waals surface area (Å²) < 4.78 is 5.90. The van der Waals surface area contributed by atoms with E-state index in [1.807, 2.05) is 0 Å². The third kappa shape index (κ3) is 37.3. The molecular formula is C48H91NO5. The number of allylic oxidation sites excluding steroid dienone is 4. The zero-order valence-electron chi connectivity index (χ0n) is 36.1. The highest BCUT2D eigenvalue weighted by atomic mass is 16.5. The standard InChI is InChI=1S/C48H91NO5/c1-4-7-10-13-16-19-21-23-25-28-30-33-36-39-44(54-48(53)41-38-35-32-29-26-24-22-20-17-14-11-8-5-2)42-47(52)49-45(43-50)46(51)40-37-34-31-27-18-15-12-9-6-3/h19,21,24,26,44-46,50-51H,4-18,20,22-23,25,27-43H2,1-3H3,(H,49,52)/b21-19-,26-24-. The van der Waals surface area contributed by atoms with Gasteiger partial charge in [0.05, 0.1) is 25.2 Å². The van der Waals surface area contributed by atoms with Crippen LogP contribution in [0.2, 0.25) is 0 Å². The Morgan fingerprint density at radius 3 is 1.33 bits per heavy atom. The topological polar surface area (TPSA) is 95.9 Å². The largest absolute Gasteiger partial charge is 0.462 e. The molecule has 0 fully saturated rings. The van der Waals surface area contributed by atoms with E-state index in [-0.39, 0.29) is 24.9 Å². The van der Waals surface area contributed by atoms with Gasteiger partial charge in [0.15, 0.2) is 0 Å². The molecule has 3 atom stereocenters. The average Bonchev–Trinajstić information content (AvgIpc) is 3.16. The summed E-state index contributed by atoms with van der Waals surface area (Å²) in [5.41, 5.74) is 0. The van der Waals surface area contributed by atoms with Gasteiger partial charge in [0.2, 0.25) is 5.91 Å². The highest BCUT2D eigenvalue weighted by Gasteiger charge is 2.24. The molecule has 0 bridgehead atoms. The minimum absolute atomic E-state index is 0.0689. The molecule has 1 amide bonds. The molecule has 0 saturated carbocycles. The van der Waals surface area contributed by atoms with Gasteiger partial charge in [-0.15, -0.1) is 0 Å². The Bertz CT molecular complexity index is 858. The van der Waals surface area contributed by atoms with E-state index in [0.717, 1.165) is 70.6 Å². The fraction of sp³-hybridized carbons (Fsp3) is 0.875. The lowest BCUT2D eigenvalue weighted by Gasteiger charge is -2.24. The lowest BCUT2D eigenvalue weighted by Crippen LogP contribution is -2.46. The predicted octanol–water partition coefficient (Wildman–Crippen LogP) is 13.6. The minimum atomic E-state index is -0.786. The third-order valence-electron chi connectivity index (χ3n) is 10.8. The predicted molar refractivity (Wildman–Crippen MR) is 232 cm³/mol. The van der Waals surface area contributed by atoms with E-state index < -0.39 is 18.2 Å². The van der Waals surface area contributed by atoms with Gasteiger partial charge >= 0.3 is 5.97 Å². The first-order valence-electron chi connectivity index (χ1n) is 23.6. The number of amides is 1. The molecule has 0 aromatic heterocycles. The second-order valence-electron chi connectivity index (χ2n) is 16.2. The van der Waals surface area contributed by atoms with Gasteiger partial charge in [0.1, 0.15) is 6.10 Å². The molecule has 3 N–H and O–H groups in total. The molecule has 0 heterocycles. The van der Waals surface area contributed by atoms with Crippen LogP contribution in [0.4, 0.5) is 0 Å². The van der Waals surface area contributed by atoms with Gasteiger partial charge in [-0.3, -0.25) is 9.59 Å². The van der Waals surface area contributed by atoms with E-state index in [1.165, 1.54) is 128 Å². The highest BCUT2D eigenvalue weighted by Crippen LogP contribution is 2.17. The molecule has 0 radical (unpaired) electrons. The maximum Gasteiger partial charge on any atom is 0.306 e. The van der Waals surface area contributed by atoms with Crippen molar-refractivity contribution in [2.24, 2.45) is 0 Å². The van der Waals surface area contributed by atoms with Crippen molar-refractivity contribution in [2.75, 3.05) is 6.61 Å². The van der Waals surface area contributed by atoms with Gasteiger partial charge in [0, 0.05) is 6.42 Å². The van der Waals surface area contributed by atoms with Crippen LogP contribution in [0.25, 0.3) is 0 Å². The van der Waals surface area contributed by atoms with Crippen LogP contribution in [0.5, 0.6) is 0 Å². The van der Waals surface area contributed by atoms with E-state index in [4.69, 9.17) is 4.74 Å². The Hall–Kier alpha value is -1.66. The van der Waals surface area contributed by atoms with Gasteiger partial charge in [-0.05, 0) is 77.0 Å². The molecule has 6 nitrogen and oxygen atoms in total. The van der Waals surface area contributed by atoms with Crippen LogP contribution in [0.1, 0.15) is 245 Å². The summed E-state index contributed by atoms with van der Waals surface area (Å²) in [5.74, 6) is -0.496. The van der Waals surface area contributed by atoms with Crippen LogP contribution in [0.3, 0.4) is 0 Å². The number of hydrogen-bond donors (Lipinski definition) is 3. The zero-order chi connectivity index (χ0) is 39.6. The van der Waals surface area contributed by atoms with Crippen molar-refractivity contribution in [3.8, 4) is 0 Å². The zero-order valence-corrected chi connectivity index (χ0v) is 36.1. The first-order chi connectivity index (χ1) is 26.5. The number of carbonyl (C=O) groups is 2. The lowest BCUT2D eigenvalue weighted by molar-refractivity contribution is -0.151. The highest BCUT2D eigenvalue weighted by molar-refractivity contribution is 5.77. The molecule has 0 aromatic rings. The fourth-order valence-corrected chi connectivity index (χ4v) is 7.12. The quantitative estimate of drug-likeness (QED) is 0.0327. The van der Waals surface area contributed by atoms with E-state index in [1.54, 1.807) is 0 Å². The maximum absolute atomic E-state index is 13.1. The number of aliphatic hydroxyl groups is 2. The molecule has 0 saturated heterocycles. The van der Waals surface area contributed by atoms with Gasteiger partial charge in [0.25, 0.3) is 0 Å². The van der Waals surface area contributed by atoms with Crippen LogP contribution >= 0.6 is 0 Å². The van der Waals surface area contributed by atoms with Crippen LogP contribution in [-0.4, -0.2) is 46.9 Å². The summed E-state index contributed by atoms with van der Waals surface area (Å²) in [4.78, 5) is 26.0. The van der Waals surface area contributed by atoms with Crippen LogP contribution in [0, 0.1) is 0 Å². The number of aliphatic hydroxyl groups excluding tert-OH is 2.